The number of rotatable bonds is 4. The second-order valence-electron chi connectivity index (χ2n) is 13.6. The first-order valence-corrected chi connectivity index (χ1v) is 17.6. The summed E-state index contributed by atoms with van der Waals surface area (Å²) in [5.41, 5.74) is 12.1. The Kier molecular flexibility index (Phi) is 6.80. The zero-order valence-corrected chi connectivity index (χ0v) is 27.6. The summed E-state index contributed by atoms with van der Waals surface area (Å²) in [6, 6.07) is 43.1. The smallest absolute Gasteiger partial charge is 0.0780 e. The first-order valence-electron chi connectivity index (χ1n) is 17.6. The fourth-order valence-electron chi connectivity index (χ4n) is 8.13. The first kappa shape index (κ1) is 28.9. The standard InChI is InChI=1S/C48H34N2/c1-3-11-33-25-37(19-17-31(33)9-1)47-41-14-6-7-15-42(41)48(38-20-18-32-10-2-4-12-34(32)26-38)44-28-35(21-23-43(44)47)39-22-24-46(49-29-39)40-27-36-13-5-8-16-45(36)50-30-40/h1-3,5-11,13-30,36,45H,4,12H2. The van der Waals surface area contributed by atoms with Crippen LogP contribution in [0, 0.1) is 5.92 Å². The Labute approximate surface area is 292 Å². The van der Waals surface area contributed by atoms with Crippen molar-refractivity contribution in [1.82, 2.24) is 4.98 Å². The van der Waals surface area contributed by atoms with Crippen molar-refractivity contribution in [3.05, 3.63) is 175 Å². The van der Waals surface area contributed by atoms with E-state index in [0.717, 1.165) is 35.2 Å². The molecule has 6 aromatic carbocycles. The molecule has 0 N–H and O–H groups in total. The van der Waals surface area contributed by atoms with Gasteiger partial charge in [0.15, 0.2) is 0 Å². The molecule has 50 heavy (non-hydrogen) atoms. The molecule has 0 saturated heterocycles. The predicted molar refractivity (Wildman–Crippen MR) is 212 cm³/mol. The molecular formula is C48H34N2. The van der Waals surface area contributed by atoms with Crippen molar-refractivity contribution in [2.24, 2.45) is 10.9 Å². The quantitative estimate of drug-likeness (QED) is 0.176. The maximum absolute atomic E-state index is 4.96. The van der Waals surface area contributed by atoms with Crippen LogP contribution in [0.1, 0.15) is 23.2 Å². The fraction of sp³-hybridized carbons (Fsp3) is 0.0833. The molecule has 2 heterocycles. The molecule has 1 aliphatic heterocycles. The molecule has 2 nitrogen and oxygen atoms in total. The van der Waals surface area contributed by atoms with E-state index in [4.69, 9.17) is 9.98 Å². The maximum atomic E-state index is 4.96. The molecule has 3 aliphatic rings. The number of pyridine rings is 1. The average Bonchev–Trinajstić information content (AvgIpc) is 3.19. The lowest BCUT2D eigenvalue weighted by Crippen LogP contribution is -2.18. The highest BCUT2D eigenvalue weighted by molar-refractivity contribution is 6.22. The molecule has 2 heteroatoms. The van der Waals surface area contributed by atoms with Crippen molar-refractivity contribution >= 4 is 50.2 Å². The highest BCUT2D eigenvalue weighted by Gasteiger charge is 2.21. The summed E-state index contributed by atoms with van der Waals surface area (Å²) < 4.78 is 0. The average molecular weight is 639 g/mol. The number of allylic oxidation sites excluding steroid dienone is 4. The summed E-state index contributed by atoms with van der Waals surface area (Å²) >= 11 is 0. The van der Waals surface area contributed by atoms with Gasteiger partial charge in [-0.2, -0.15) is 0 Å². The summed E-state index contributed by atoms with van der Waals surface area (Å²) in [6.45, 7) is 0. The lowest BCUT2D eigenvalue weighted by Gasteiger charge is -2.22. The SMILES string of the molecule is C1=CC2C=C(c3ccc(-c4ccc5c(-c6ccc7ccccc7c6)c6ccccc6c(-c6ccc7c(c6)CCC=C7)c5c4)cn3)C=NC2C=C1. The summed E-state index contributed by atoms with van der Waals surface area (Å²) in [7, 11) is 0. The van der Waals surface area contributed by atoms with E-state index in [-0.39, 0.29) is 12.0 Å². The van der Waals surface area contributed by atoms with Gasteiger partial charge in [0.05, 0.1) is 11.7 Å². The van der Waals surface area contributed by atoms with E-state index in [1.165, 1.54) is 65.7 Å². The molecule has 2 atom stereocenters. The Morgan fingerprint density at radius 2 is 1.32 bits per heavy atom. The van der Waals surface area contributed by atoms with Crippen LogP contribution in [0.3, 0.4) is 0 Å². The molecule has 0 amide bonds. The molecule has 2 aliphatic carbocycles. The molecule has 10 rings (SSSR count). The van der Waals surface area contributed by atoms with Gasteiger partial charge in [-0.15, -0.1) is 0 Å². The molecule has 7 aromatic rings. The van der Waals surface area contributed by atoms with Crippen molar-refractivity contribution in [2.75, 3.05) is 0 Å². The van der Waals surface area contributed by atoms with E-state index in [9.17, 15) is 0 Å². The number of fused-ring (bicyclic) bond motifs is 5. The van der Waals surface area contributed by atoms with E-state index in [2.05, 4.69) is 158 Å². The molecule has 0 spiro atoms. The van der Waals surface area contributed by atoms with Crippen molar-refractivity contribution in [1.29, 1.82) is 0 Å². The molecule has 0 fully saturated rings. The number of hydrogen-bond donors (Lipinski definition) is 0. The largest absolute Gasteiger partial charge is 0.284 e. The molecule has 0 radical (unpaired) electrons. The normalized spacial score (nSPS) is 17.6. The number of dihydropyridines is 1. The Balaban J connectivity index is 1.17. The number of hydrogen-bond acceptors (Lipinski definition) is 2. The third kappa shape index (κ3) is 4.87. The fourth-order valence-corrected chi connectivity index (χ4v) is 8.13. The van der Waals surface area contributed by atoms with Crippen LogP contribution in [-0.2, 0) is 6.42 Å². The third-order valence-corrected chi connectivity index (χ3v) is 10.7. The second-order valence-corrected chi connectivity index (χ2v) is 13.6. The molecule has 0 bridgehead atoms. The van der Waals surface area contributed by atoms with E-state index in [1.54, 1.807) is 0 Å². The van der Waals surface area contributed by atoms with Gasteiger partial charge in [-0.1, -0.05) is 140 Å². The zero-order chi connectivity index (χ0) is 33.0. The number of nitrogens with zero attached hydrogens (tertiary/aromatic N) is 2. The topological polar surface area (TPSA) is 25.2 Å². The van der Waals surface area contributed by atoms with Gasteiger partial charge in [0, 0.05) is 29.5 Å². The Morgan fingerprint density at radius 1 is 0.580 bits per heavy atom. The summed E-state index contributed by atoms with van der Waals surface area (Å²) in [4.78, 5) is 9.75. The zero-order valence-electron chi connectivity index (χ0n) is 27.6. The Hall–Kier alpha value is -6.12. The van der Waals surface area contributed by atoms with Gasteiger partial charge in [-0.05, 0) is 102 Å². The van der Waals surface area contributed by atoms with Crippen LogP contribution in [0.4, 0.5) is 0 Å². The third-order valence-electron chi connectivity index (χ3n) is 10.7. The van der Waals surface area contributed by atoms with Gasteiger partial charge >= 0.3 is 0 Å². The van der Waals surface area contributed by atoms with Gasteiger partial charge in [0.1, 0.15) is 0 Å². The van der Waals surface area contributed by atoms with Crippen LogP contribution in [-0.4, -0.2) is 17.2 Å². The number of aliphatic imine (C=N–C) groups is 1. The lowest BCUT2D eigenvalue weighted by atomic mass is 9.83. The highest BCUT2D eigenvalue weighted by Crippen LogP contribution is 2.46. The molecule has 1 aromatic heterocycles. The molecule has 0 saturated carbocycles. The lowest BCUT2D eigenvalue weighted by molar-refractivity contribution is 0.685. The highest BCUT2D eigenvalue weighted by atomic mass is 14.8. The van der Waals surface area contributed by atoms with E-state index < -0.39 is 0 Å². The van der Waals surface area contributed by atoms with Crippen molar-refractivity contribution in [3.8, 4) is 33.4 Å². The van der Waals surface area contributed by atoms with Crippen LogP contribution in [0.25, 0.3) is 77.3 Å². The first-order chi connectivity index (χ1) is 24.8. The minimum Gasteiger partial charge on any atom is -0.284 e. The van der Waals surface area contributed by atoms with Gasteiger partial charge in [0.25, 0.3) is 0 Å². The maximum Gasteiger partial charge on any atom is 0.0780 e. The summed E-state index contributed by atoms with van der Waals surface area (Å²) in [5.74, 6) is 0.284. The molecule has 236 valence electrons. The number of benzene rings is 6. The van der Waals surface area contributed by atoms with Crippen LogP contribution in [0.5, 0.6) is 0 Å². The van der Waals surface area contributed by atoms with Crippen LogP contribution < -0.4 is 0 Å². The second kappa shape index (κ2) is 11.8. The van der Waals surface area contributed by atoms with Crippen LogP contribution in [0.2, 0.25) is 0 Å². The monoisotopic (exact) mass is 638 g/mol. The molecule has 2 unspecified atom stereocenters. The van der Waals surface area contributed by atoms with E-state index in [0.29, 0.717) is 0 Å². The van der Waals surface area contributed by atoms with E-state index >= 15 is 0 Å². The van der Waals surface area contributed by atoms with Gasteiger partial charge in [-0.25, -0.2) is 0 Å². The van der Waals surface area contributed by atoms with Crippen LogP contribution in [0.15, 0.2) is 163 Å². The predicted octanol–water partition coefficient (Wildman–Crippen LogP) is 12.1. The van der Waals surface area contributed by atoms with Gasteiger partial charge in [0.2, 0.25) is 0 Å². The van der Waals surface area contributed by atoms with E-state index in [1.807, 2.05) is 12.4 Å². The summed E-state index contributed by atoms with van der Waals surface area (Å²) in [6.07, 6.45) is 21.6. The van der Waals surface area contributed by atoms with Gasteiger partial charge in [-0.3, -0.25) is 9.98 Å². The van der Waals surface area contributed by atoms with Crippen molar-refractivity contribution in [3.63, 3.8) is 0 Å². The summed E-state index contributed by atoms with van der Waals surface area (Å²) in [5, 5.41) is 7.56. The Bertz CT molecular complexity index is 2650. The van der Waals surface area contributed by atoms with Crippen molar-refractivity contribution < 1.29 is 0 Å². The minimum atomic E-state index is 0.192. The van der Waals surface area contributed by atoms with Gasteiger partial charge < -0.3 is 0 Å². The van der Waals surface area contributed by atoms with Crippen molar-refractivity contribution in [2.45, 2.75) is 18.9 Å². The molecular weight excluding hydrogens is 605 g/mol. The van der Waals surface area contributed by atoms with Crippen LogP contribution >= 0.6 is 0 Å². The number of aryl methyl sites for hydroxylation is 1. The minimum absolute atomic E-state index is 0.192. The Morgan fingerprint density at radius 3 is 2.20 bits per heavy atom. The number of aromatic nitrogens is 1.